The van der Waals surface area contributed by atoms with Crippen LogP contribution < -0.4 is 0 Å². The summed E-state index contributed by atoms with van der Waals surface area (Å²) in [6.07, 6.45) is 2.83. The van der Waals surface area contributed by atoms with Gasteiger partial charge in [0, 0.05) is 13.2 Å². The van der Waals surface area contributed by atoms with Crippen LogP contribution >= 0.6 is 0 Å². The van der Waals surface area contributed by atoms with E-state index in [0.717, 1.165) is 19.4 Å². The molecule has 0 aromatic heterocycles. The first kappa shape index (κ1) is 14.2. The summed E-state index contributed by atoms with van der Waals surface area (Å²) in [5.41, 5.74) is 0. The van der Waals surface area contributed by atoms with E-state index in [1.807, 2.05) is 0 Å². The first-order valence-electron chi connectivity index (χ1n) is 4.03. The van der Waals surface area contributed by atoms with E-state index in [2.05, 4.69) is 6.92 Å². The minimum Gasteiger partial charge on any atom is -1.00 e. The van der Waals surface area contributed by atoms with Crippen molar-refractivity contribution in [3.8, 4) is 0 Å². The summed E-state index contributed by atoms with van der Waals surface area (Å²) in [5, 5.41) is 8.83. The second-order valence-electron chi connectivity index (χ2n) is 2.60. The zero-order chi connectivity index (χ0) is 7.82. The zero-order valence-corrected chi connectivity index (χ0v) is 9.09. The van der Waals surface area contributed by atoms with Gasteiger partial charge in [0.1, 0.15) is 0 Å². The molecule has 0 radical (unpaired) electrons. The molecule has 1 N–H and O–H groups in total. The largest absolute Gasteiger partial charge is 2.00 e. The van der Waals surface area contributed by atoms with E-state index >= 15 is 0 Å². The van der Waals surface area contributed by atoms with Crippen LogP contribution in [0, 0.1) is 0 Å². The summed E-state index contributed by atoms with van der Waals surface area (Å²) in [7, 11) is 0. The summed E-state index contributed by atoms with van der Waals surface area (Å²) >= 11 is 0. The van der Waals surface area contributed by atoms with Crippen LogP contribution in [0.15, 0.2) is 0 Å². The molecule has 11 heavy (non-hydrogen) atoms. The number of rotatable bonds is 6. The van der Waals surface area contributed by atoms with E-state index in [4.69, 9.17) is 9.84 Å². The van der Waals surface area contributed by atoms with Crippen LogP contribution in [-0.2, 0) is 4.74 Å². The minimum absolute atomic E-state index is 0. The van der Waals surface area contributed by atoms with E-state index in [1.54, 1.807) is 6.92 Å². The Morgan fingerprint density at radius 3 is 2.55 bits per heavy atom. The maximum absolute atomic E-state index is 8.83. The van der Waals surface area contributed by atoms with Crippen LogP contribution in [0.1, 0.15) is 36.0 Å². The van der Waals surface area contributed by atoms with Gasteiger partial charge in [0.15, 0.2) is 0 Å². The van der Waals surface area contributed by atoms with Crippen molar-refractivity contribution < 1.29 is 12.7 Å². The molecule has 66 valence electrons. The molecule has 2 nitrogen and oxygen atoms in total. The van der Waals surface area contributed by atoms with Crippen LogP contribution in [0.5, 0.6) is 0 Å². The van der Waals surface area contributed by atoms with E-state index in [9.17, 15) is 0 Å². The second-order valence-corrected chi connectivity index (χ2v) is 2.60. The Balaban J connectivity index is -0.000000135. The van der Waals surface area contributed by atoms with Crippen molar-refractivity contribution in [3.05, 3.63) is 0 Å². The van der Waals surface area contributed by atoms with Crippen molar-refractivity contribution in [1.82, 2.24) is 0 Å². The molecule has 0 aliphatic heterocycles. The predicted octanol–water partition coefficient (Wildman–Crippen LogP) is 1.42. The molecule has 0 saturated heterocycles. The van der Waals surface area contributed by atoms with Crippen LogP contribution in [0.25, 0.3) is 0 Å². The first-order chi connectivity index (χ1) is 4.77. The number of aliphatic hydroxyl groups excluding tert-OH is 1. The van der Waals surface area contributed by atoms with Crippen molar-refractivity contribution in [2.24, 2.45) is 0 Å². The topological polar surface area (TPSA) is 29.5 Å². The number of hydrogen-bond acceptors (Lipinski definition) is 2. The fourth-order valence-electron chi connectivity index (χ4n) is 0.602. The van der Waals surface area contributed by atoms with Crippen LogP contribution in [0.2, 0.25) is 0 Å². The van der Waals surface area contributed by atoms with Gasteiger partial charge in [-0.3, -0.25) is 0 Å². The minimum atomic E-state index is -0.221. The number of hydrogen-bond donors (Lipinski definition) is 1. The van der Waals surface area contributed by atoms with Gasteiger partial charge >= 0.3 is 23.1 Å². The summed E-state index contributed by atoms with van der Waals surface area (Å²) in [4.78, 5) is 0. The molecular formula is C8H20MgO2. The number of unbranched alkanes of at least 4 members (excludes halogenated alkanes) is 1. The van der Waals surface area contributed by atoms with Crippen molar-refractivity contribution in [2.45, 2.75) is 39.2 Å². The monoisotopic (exact) mass is 172 g/mol. The molecule has 0 rings (SSSR count). The Morgan fingerprint density at radius 1 is 1.45 bits per heavy atom. The summed E-state index contributed by atoms with van der Waals surface area (Å²) < 4.78 is 5.22. The number of ether oxygens (including phenoxy) is 1. The van der Waals surface area contributed by atoms with Gasteiger partial charge < -0.3 is 12.7 Å². The Hall–Kier alpha value is 0.686. The molecule has 3 heteroatoms. The molecule has 0 bridgehead atoms. The molecule has 0 saturated carbocycles. The molecule has 1 atom stereocenters. The third-order valence-corrected chi connectivity index (χ3v) is 1.32. The Morgan fingerprint density at radius 2 is 2.09 bits per heavy atom. The molecule has 0 heterocycles. The van der Waals surface area contributed by atoms with Gasteiger partial charge in [-0.25, -0.2) is 0 Å². The van der Waals surface area contributed by atoms with Gasteiger partial charge in [-0.05, 0) is 19.8 Å². The van der Waals surface area contributed by atoms with Crippen molar-refractivity contribution >= 4 is 23.1 Å². The zero-order valence-electron chi connectivity index (χ0n) is 9.68. The number of aliphatic hydroxyl groups is 1. The van der Waals surface area contributed by atoms with Gasteiger partial charge in [0.2, 0.25) is 0 Å². The normalized spacial score (nSPS) is 12.3. The fourth-order valence-corrected chi connectivity index (χ4v) is 0.602. The van der Waals surface area contributed by atoms with E-state index in [0.29, 0.717) is 6.61 Å². The van der Waals surface area contributed by atoms with Gasteiger partial charge in [0.25, 0.3) is 0 Å². The Kier molecular flexibility index (Phi) is 13.8. The van der Waals surface area contributed by atoms with Gasteiger partial charge in [-0.2, -0.15) is 0 Å². The molecular weight excluding hydrogens is 152 g/mol. The molecule has 0 aromatic carbocycles. The Labute approximate surface area is 88.4 Å². The maximum Gasteiger partial charge on any atom is 2.00 e. The van der Waals surface area contributed by atoms with Crippen LogP contribution in [0.4, 0.5) is 0 Å². The van der Waals surface area contributed by atoms with E-state index in [-0.39, 0.29) is 32.0 Å². The SMILES string of the molecule is CCCCOCCC(C)O.[H-].[H-].[Mg+2]. The predicted molar refractivity (Wildman–Crippen MR) is 50.0 cm³/mol. The molecule has 0 spiro atoms. The molecule has 0 aliphatic rings. The average Bonchev–Trinajstić information content (AvgIpc) is 1.87. The van der Waals surface area contributed by atoms with Crippen LogP contribution in [0.3, 0.4) is 0 Å². The summed E-state index contributed by atoms with van der Waals surface area (Å²) in [5.74, 6) is 0. The first-order valence-corrected chi connectivity index (χ1v) is 4.03. The van der Waals surface area contributed by atoms with Gasteiger partial charge in [0.05, 0.1) is 6.10 Å². The van der Waals surface area contributed by atoms with Gasteiger partial charge in [-0.15, -0.1) is 0 Å². The van der Waals surface area contributed by atoms with Crippen molar-refractivity contribution in [1.29, 1.82) is 0 Å². The summed E-state index contributed by atoms with van der Waals surface area (Å²) in [6.45, 7) is 5.45. The third kappa shape index (κ3) is 13.6. The average molecular weight is 173 g/mol. The third-order valence-electron chi connectivity index (χ3n) is 1.32. The van der Waals surface area contributed by atoms with E-state index < -0.39 is 0 Å². The molecule has 0 amide bonds. The molecule has 0 fully saturated rings. The van der Waals surface area contributed by atoms with Gasteiger partial charge in [-0.1, -0.05) is 13.3 Å². The molecule has 0 aromatic rings. The molecule has 0 aliphatic carbocycles. The quantitative estimate of drug-likeness (QED) is 0.485. The standard InChI is InChI=1S/C8H18O2.Mg.2H/c1-3-4-6-10-7-5-8(2)9;;;/h8-9H,3-7H2,1-2H3;;;/q;+2;2*-1. The fraction of sp³-hybridized carbons (Fsp3) is 1.00. The van der Waals surface area contributed by atoms with Crippen molar-refractivity contribution in [3.63, 3.8) is 0 Å². The van der Waals surface area contributed by atoms with Crippen molar-refractivity contribution in [2.75, 3.05) is 13.2 Å². The van der Waals surface area contributed by atoms with Crippen LogP contribution in [-0.4, -0.2) is 47.5 Å². The molecule has 1 unspecified atom stereocenters. The summed E-state index contributed by atoms with van der Waals surface area (Å²) in [6, 6.07) is 0. The van der Waals surface area contributed by atoms with E-state index in [1.165, 1.54) is 6.42 Å². The Bertz CT molecular complexity index is 75.2. The smallest absolute Gasteiger partial charge is 1.00 e. The second kappa shape index (κ2) is 10.7. The maximum atomic E-state index is 8.83.